The molecule has 0 saturated carbocycles. The number of H-pyrrole nitrogens is 1. The van der Waals surface area contributed by atoms with Crippen LogP contribution in [0.3, 0.4) is 0 Å². The zero-order chi connectivity index (χ0) is 30.1. The Balaban J connectivity index is 1.43. The number of imidazole rings is 1. The van der Waals surface area contributed by atoms with Crippen LogP contribution in [0.5, 0.6) is 0 Å². The molecule has 6 rings (SSSR count). The fraction of sp³-hybridized carbons (Fsp3) is 0.194. The number of aliphatic imine (C=N–C) groups is 1. The summed E-state index contributed by atoms with van der Waals surface area (Å²) in [5.41, 5.74) is 15.5. The number of amidine groups is 1. The topological polar surface area (TPSA) is 164 Å². The number of hydrogen-bond acceptors (Lipinski definition) is 8. The smallest absolute Gasteiger partial charge is 0.268 e. The summed E-state index contributed by atoms with van der Waals surface area (Å²) in [4.78, 5) is 28.4. The maximum Gasteiger partial charge on any atom is 0.268 e. The largest absolute Gasteiger partial charge is 0.404 e. The van der Waals surface area contributed by atoms with E-state index < -0.39 is 15.8 Å². The number of fused-ring (bicyclic) bond motifs is 2. The molecule has 11 nitrogen and oxygen atoms in total. The Labute approximate surface area is 249 Å². The Kier molecular flexibility index (Phi) is 7.57. The summed E-state index contributed by atoms with van der Waals surface area (Å²) in [5, 5.41) is 3.96. The van der Waals surface area contributed by atoms with E-state index >= 15 is 0 Å². The molecule has 0 atom stereocenters. The minimum atomic E-state index is -4.17. The first-order chi connectivity index (χ1) is 20.7. The van der Waals surface area contributed by atoms with Crippen LogP contribution in [0.4, 0.5) is 5.69 Å². The van der Waals surface area contributed by atoms with Crippen LogP contribution in [0.2, 0.25) is 0 Å². The number of aryl methyl sites for hydroxylation is 1. The van der Waals surface area contributed by atoms with Crippen molar-refractivity contribution in [1.82, 2.24) is 24.2 Å². The highest BCUT2D eigenvalue weighted by atomic mass is 32.2. The van der Waals surface area contributed by atoms with E-state index in [4.69, 9.17) is 11.5 Å². The van der Waals surface area contributed by atoms with Gasteiger partial charge >= 0.3 is 0 Å². The second kappa shape index (κ2) is 11.5. The molecule has 1 saturated heterocycles. The molecule has 3 aromatic carbocycles. The summed E-state index contributed by atoms with van der Waals surface area (Å²) in [6, 6.07) is 20.4. The van der Waals surface area contributed by atoms with Gasteiger partial charge in [-0.2, -0.15) is 0 Å². The van der Waals surface area contributed by atoms with E-state index in [0.717, 1.165) is 58.8 Å². The number of hydrogen-bond donors (Lipinski definition) is 4. The van der Waals surface area contributed by atoms with Crippen molar-refractivity contribution in [2.75, 3.05) is 26.2 Å². The van der Waals surface area contributed by atoms with Gasteiger partial charge in [-0.3, -0.25) is 9.69 Å². The number of nitrogens with zero attached hydrogens (tertiary/aromatic N) is 4. The SMILES string of the molecule is Cc1nc2ccc(N=C(N)C(=CN)C(=O)c3cc4cc(CN5CCNCC5)ccc4n3S(=O)(=O)c3ccccc3)cc2[nH]1. The van der Waals surface area contributed by atoms with Gasteiger partial charge in [-0.25, -0.2) is 22.4 Å². The number of nitrogens with one attached hydrogen (secondary N) is 2. The number of aromatic nitrogens is 3. The maximum atomic E-state index is 14.1. The normalized spacial score (nSPS) is 15.4. The molecular formula is C31H32N8O3S. The second-order valence-electron chi connectivity index (χ2n) is 10.5. The molecule has 12 heteroatoms. The van der Waals surface area contributed by atoms with E-state index in [0.29, 0.717) is 23.1 Å². The number of rotatable bonds is 8. The Morgan fingerprint density at radius 1 is 1.05 bits per heavy atom. The van der Waals surface area contributed by atoms with Gasteiger partial charge in [0.1, 0.15) is 17.4 Å². The summed E-state index contributed by atoms with van der Waals surface area (Å²) in [5.74, 6) is -0.0525. The standard InChI is InChI=1S/C31H32N8O3S/c1-20-35-26-9-8-23(17-27(26)36-20)37-31(33)25(18-32)30(40)29-16-22-15-21(19-38-13-11-34-12-14-38)7-10-28(22)39(29)43(41,42)24-5-3-2-4-6-24/h2-10,15-18,34H,11-14,19,32H2,1H3,(H2,33,37)(H,35,36). The fourth-order valence-electron chi connectivity index (χ4n) is 5.39. The van der Waals surface area contributed by atoms with Gasteiger partial charge in [0.05, 0.1) is 32.7 Å². The number of carbonyl (C=O) groups excluding carboxylic acids is 1. The minimum absolute atomic E-state index is 0.0505. The lowest BCUT2D eigenvalue weighted by molar-refractivity contribution is 0.103. The number of nitrogens with two attached hydrogens (primary N) is 2. The first-order valence-electron chi connectivity index (χ1n) is 13.9. The van der Waals surface area contributed by atoms with Crippen LogP contribution < -0.4 is 16.8 Å². The highest BCUT2D eigenvalue weighted by molar-refractivity contribution is 7.90. The fourth-order valence-corrected chi connectivity index (χ4v) is 6.92. The second-order valence-corrected chi connectivity index (χ2v) is 12.2. The lowest BCUT2D eigenvalue weighted by atomic mass is 10.1. The highest BCUT2D eigenvalue weighted by Crippen LogP contribution is 2.29. The van der Waals surface area contributed by atoms with Crippen LogP contribution >= 0.6 is 0 Å². The summed E-state index contributed by atoms with van der Waals surface area (Å²) in [7, 11) is -4.17. The Morgan fingerprint density at radius 2 is 1.81 bits per heavy atom. The molecule has 0 bridgehead atoms. The number of Topliss-reactive ketones (excluding diaryl/α,β-unsaturated/α-hetero) is 1. The number of ketones is 1. The van der Waals surface area contributed by atoms with E-state index in [1.807, 2.05) is 19.1 Å². The van der Waals surface area contributed by atoms with Crippen LogP contribution in [0.1, 0.15) is 21.9 Å². The van der Waals surface area contributed by atoms with Crippen molar-refractivity contribution >= 4 is 49.3 Å². The van der Waals surface area contributed by atoms with Crippen molar-refractivity contribution in [3.05, 3.63) is 102 Å². The van der Waals surface area contributed by atoms with Crippen molar-refractivity contribution in [3.8, 4) is 0 Å². The van der Waals surface area contributed by atoms with Gasteiger partial charge in [0.2, 0.25) is 5.78 Å². The lowest BCUT2D eigenvalue weighted by Gasteiger charge is -2.27. The molecule has 0 spiro atoms. The monoisotopic (exact) mass is 596 g/mol. The predicted molar refractivity (Wildman–Crippen MR) is 168 cm³/mol. The van der Waals surface area contributed by atoms with Gasteiger partial charge in [-0.05, 0) is 61.0 Å². The third-order valence-corrected chi connectivity index (χ3v) is 9.21. The molecule has 0 aliphatic carbocycles. The highest BCUT2D eigenvalue weighted by Gasteiger charge is 2.29. The van der Waals surface area contributed by atoms with E-state index in [1.165, 1.54) is 12.1 Å². The predicted octanol–water partition coefficient (Wildman–Crippen LogP) is 3.18. The van der Waals surface area contributed by atoms with Crippen LogP contribution in [-0.2, 0) is 16.6 Å². The molecule has 0 amide bonds. The van der Waals surface area contributed by atoms with Gasteiger partial charge in [-0.15, -0.1) is 0 Å². The van der Waals surface area contributed by atoms with Crippen molar-refractivity contribution in [3.63, 3.8) is 0 Å². The Morgan fingerprint density at radius 3 is 2.56 bits per heavy atom. The van der Waals surface area contributed by atoms with Crippen LogP contribution in [-0.4, -0.2) is 65.1 Å². The van der Waals surface area contributed by atoms with Crippen molar-refractivity contribution < 1.29 is 13.2 Å². The average molecular weight is 597 g/mol. The molecule has 3 heterocycles. The van der Waals surface area contributed by atoms with Crippen LogP contribution in [0, 0.1) is 6.92 Å². The molecule has 0 radical (unpaired) electrons. The van der Waals surface area contributed by atoms with E-state index in [2.05, 4.69) is 25.2 Å². The molecular weight excluding hydrogens is 564 g/mol. The van der Waals surface area contributed by atoms with E-state index in [-0.39, 0.29) is 22.0 Å². The van der Waals surface area contributed by atoms with Gasteiger partial charge < -0.3 is 21.8 Å². The van der Waals surface area contributed by atoms with Crippen LogP contribution in [0.15, 0.2) is 94.5 Å². The summed E-state index contributed by atoms with van der Waals surface area (Å²) < 4.78 is 29.1. The molecule has 2 aromatic heterocycles. The number of aromatic amines is 1. The molecule has 6 N–H and O–H groups in total. The van der Waals surface area contributed by atoms with Gasteiger partial charge in [0, 0.05) is 44.3 Å². The third-order valence-electron chi connectivity index (χ3n) is 7.47. The van der Waals surface area contributed by atoms with E-state index in [1.54, 1.807) is 48.5 Å². The number of benzene rings is 3. The van der Waals surface area contributed by atoms with Crippen molar-refractivity contribution in [1.29, 1.82) is 0 Å². The van der Waals surface area contributed by atoms with Gasteiger partial charge in [0.25, 0.3) is 10.0 Å². The van der Waals surface area contributed by atoms with Crippen LogP contribution in [0.25, 0.3) is 21.9 Å². The molecule has 1 fully saturated rings. The molecule has 1 aliphatic heterocycles. The van der Waals surface area contributed by atoms with Gasteiger partial charge in [-0.1, -0.05) is 24.3 Å². The molecule has 5 aromatic rings. The average Bonchev–Trinajstić information content (AvgIpc) is 3.58. The maximum absolute atomic E-state index is 14.1. The first kappa shape index (κ1) is 28.3. The minimum Gasteiger partial charge on any atom is -0.404 e. The van der Waals surface area contributed by atoms with Gasteiger partial charge in [0.15, 0.2) is 0 Å². The Bertz CT molecular complexity index is 2000. The third kappa shape index (κ3) is 5.55. The molecule has 1 aliphatic rings. The summed E-state index contributed by atoms with van der Waals surface area (Å²) >= 11 is 0. The zero-order valence-corrected chi connectivity index (χ0v) is 24.4. The molecule has 0 unspecified atom stereocenters. The van der Waals surface area contributed by atoms with E-state index in [9.17, 15) is 13.2 Å². The van der Waals surface area contributed by atoms with Crippen molar-refractivity contribution in [2.45, 2.75) is 18.4 Å². The first-order valence-corrected chi connectivity index (χ1v) is 15.3. The summed E-state index contributed by atoms with van der Waals surface area (Å²) in [6.07, 6.45) is 1.06. The number of piperazine rings is 1. The quantitative estimate of drug-likeness (QED) is 0.0918. The number of carbonyl (C=O) groups is 1. The zero-order valence-electron chi connectivity index (χ0n) is 23.6. The Hall–Kier alpha value is -4.78. The molecule has 43 heavy (non-hydrogen) atoms. The van der Waals surface area contributed by atoms with Crippen molar-refractivity contribution in [2.24, 2.45) is 16.5 Å². The summed E-state index contributed by atoms with van der Waals surface area (Å²) in [6.45, 7) is 6.23. The molecule has 220 valence electrons. The lowest BCUT2D eigenvalue weighted by Crippen LogP contribution is -2.42.